The summed E-state index contributed by atoms with van der Waals surface area (Å²) < 4.78 is 0. The summed E-state index contributed by atoms with van der Waals surface area (Å²) in [5.74, 6) is -0.405. The maximum absolute atomic E-state index is 12.3. The number of piperidine rings is 1. The van der Waals surface area contributed by atoms with Crippen molar-refractivity contribution in [2.24, 2.45) is 11.3 Å². The fourth-order valence-electron chi connectivity index (χ4n) is 2.69. The van der Waals surface area contributed by atoms with Crippen LogP contribution in [0.5, 0.6) is 0 Å². The molecule has 5 nitrogen and oxygen atoms in total. The number of rotatable bonds is 3. The molecule has 0 bridgehead atoms. The highest BCUT2D eigenvalue weighted by molar-refractivity contribution is 5.83. The molecule has 1 amide bonds. The van der Waals surface area contributed by atoms with E-state index in [-0.39, 0.29) is 23.7 Å². The van der Waals surface area contributed by atoms with Crippen molar-refractivity contribution < 1.29 is 14.7 Å². The zero-order valence-electron chi connectivity index (χ0n) is 10.2. The highest BCUT2D eigenvalue weighted by Gasteiger charge is 2.42. The van der Waals surface area contributed by atoms with Crippen LogP contribution >= 0.6 is 0 Å². The Kier molecular flexibility index (Phi) is 3.38. The topological polar surface area (TPSA) is 69.6 Å². The fourth-order valence-corrected chi connectivity index (χ4v) is 2.69. The summed E-state index contributed by atoms with van der Waals surface area (Å²) in [6, 6.07) is 0. The summed E-state index contributed by atoms with van der Waals surface area (Å²) >= 11 is 0. The van der Waals surface area contributed by atoms with E-state index in [0.29, 0.717) is 13.1 Å². The SMILES string of the molecule is CC1(C(=O)N2CC(CC(=O)O)C2)CCNCC1. The molecule has 0 unspecified atom stereocenters. The van der Waals surface area contributed by atoms with Crippen molar-refractivity contribution >= 4 is 11.9 Å². The predicted octanol–water partition coefficient (Wildman–Crippen LogP) is 0.309. The smallest absolute Gasteiger partial charge is 0.303 e. The Bertz CT molecular complexity index is 318. The van der Waals surface area contributed by atoms with Crippen LogP contribution in [0.3, 0.4) is 0 Å². The van der Waals surface area contributed by atoms with E-state index in [1.54, 1.807) is 0 Å². The molecule has 2 aliphatic rings. The van der Waals surface area contributed by atoms with E-state index in [2.05, 4.69) is 5.32 Å². The van der Waals surface area contributed by atoms with Gasteiger partial charge in [0.1, 0.15) is 0 Å². The van der Waals surface area contributed by atoms with Gasteiger partial charge in [-0.3, -0.25) is 9.59 Å². The summed E-state index contributed by atoms with van der Waals surface area (Å²) in [5, 5.41) is 11.9. The third-order valence-electron chi connectivity index (χ3n) is 3.93. The molecule has 0 spiro atoms. The van der Waals surface area contributed by atoms with Crippen molar-refractivity contribution in [3.63, 3.8) is 0 Å². The minimum Gasteiger partial charge on any atom is -0.481 e. The highest BCUT2D eigenvalue weighted by Crippen LogP contribution is 2.33. The van der Waals surface area contributed by atoms with E-state index in [4.69, 9.17) is 5.11 Å². The lowest BCUT2D eigenvalue weighted by atomic mass is 9.78. The first-order chi connectivity index (χ1) is 8.01. The van der Waals surface area contributed by atoms with Crippen LogP contribution in [-0.2, 0) is 9.59 Å². The average Bonchev–Trinajstić information content (AvgIpc) is 2.22. The fraction of sp³-hybridized carbons (Fsp3) is 0.833. The number of nitrogens with one attached hydrogen (secondary N) is 1. The largest absolute Gasteiger partial charge is 0.481 e. The molecule has 5 heteroatoms. The molecule has 0 saturated carbocycles. The summed E-state index contributed by atoms with van der Waals surface area (Å²) in [7, 11) is 0. The number of likely N-dealkylation sites (tertiary alicyclic amines) is 1. The molecule has 2 aliphatic heterocycles. The molecule has 96 valence electrons. The van der Waals surface area contributed by atoms with E-state index in [9.17, 15) is 9.59 Å². The Labute approximate surface area is 101 Å². The van der Waals surface area contributed by atoms with Crippen molar-refractivity contribution in [3.05, 3.63) is 0 Å². The third kappa shape index (κ3) is 2.60. The first-order valence-corrected chi connectivity index (χ1v) is 6.23. The van der Waals surface area contributed by atoms with Crippen molar-refractivity contribution in [3.8, 4) is 0 Å². The summed E-state index contributed by atoms with van der Waals surface area (Å²) in [5.41, 5.74) is -0.237. The highest BCUT2D eigenvalue weighted by atomic mass is 16.4. The molecule has 2 heterocycles. The van der Waals surface area contributed by atoms with Crippen LogP contribution < -0.4 is 5.32 Å². The number of carbonyl (C=O) groups is 2. The zero-order chi connectivity index (χ0) is 12.5. The van der Waals surface area contributed by atoms with Gasteiger partial charge in [0.05, 0.1) is 6.42 Å². The van der Waals surface area contributed by atoms with Crippen LogP contribution in [0.4, 0.5) is 0 Å². The van der Waals surface area contributed by atoms with Crippen LogP contribution in [0.1, 0.15) is 26.2 Å². The van der Waals surface area contributed by atoms with Crippen LogP contribution in [0.15, 0.2) is 0 Å². The molecule has 0 aliphatic carbocycles. The molecular formula is C12H20N2O3. The van der Waals surface area contributed by atoms with E-state index >= 15 is 0 Å². The molecule has 2 N–H and O–H groups in total. The molecule has 0 aromatic carbocycles. The maximum Gasteiger partial charge on any atom is 0.303 e. The molecular weight excluding hydrogens is 220 g/mol. The van der Waals surface area contributed by atoms with Gasteiger partial charge in [-0.2, -0.15) is 0 Å². The average molecular weight is 240 g/mol. The molecule has 2 rings (SSSR count). The van der Waals surface area contributed by atoms with Gasteiger partial charge in [0.25, 0.3) is 0 Å². The van der Waals surface area contributed by atoms with Crippen LogP contribution in [0, 0.1) is 11.3 Å². The first kappa shape index (κ1) is 12.4. The lowest BCUT2D eigenvalue weighted by Crippen LogP contribution is -2.56. The van der Waals surface area contributed by atoms with Gasteiger partial charge >= 0.3 is 5.97 Å². The van der Waals surface area contributed by atoms with Crippen molar-refractivity contribution in [2.45, 2.75) is 26.2 Å². The molecule has 2 saturated heterocycles. The Morgan fingerprint density at radius 2 is 1.94 bits per heavy atom. The maximum atomic E-state index is 12.3. The molecule has 2 fully saturated rings. The molecule has 0 aromatic rings. The van der Waals surface area contributed by atoms with Crippen molar-refractivity contribution in [1.82, 2.24) is 10.2 Å². The normalized spacial score (nSPS) is 24.2. The Balaban J connectivity index is 1.84. The minimum atomic E-state index is -0.768. The minimum absolute atomic E-state index is 0.154. The van der Waals surface area contributed by atoms with E-state index < -0.39 is 5.97 Å². The molecule has 0 atom stereocenters. The van der Waals surface area contributed by atoms with Gasteiger partial charge in [0, 0.05) is 24.4 Å². The predicted molar refractivity (Wildman–Crippen MR) is 62.5 cm³/mol. The number of hydrogen-bond donors (Lipinski definition) is 2. The second kappa shape index (κ2) is 4.64. The van der Waals surface area contributed by atoms with Crippen molar-refractivity contribution in [1.29, 1.82) is 0 Å². The third-order valence-corrected chi connectivity index (χ3v) is 3.93. The first-order valence-electron chi connectivity index (χ1n) is 6.23. The molecule has 0 radical (unpaired) electrons. The summed E-state index contributed by atoms with van der Waals surface area (Å²) in [6.45, 7) is 5.06. The van der Waals surface area contributed by atoms with E-state index in [0.717, 1.165) is 25.9 Å². The lowest BCUT2D eigenvalue weighted by molar-refractivity contribution is -0.152. The van der Waals surface area contributed by atoms with Gasteiger partial charge in [-0.05, 0) is 25.9 Å². The van der Waals surface area contributed by atoms with Crippen molar-refractivity contribution in [2.75, 3.05) is 26.2 Å². The second-order valence-electron chi connectivity index (χ2n) is 5.48. The van der Waals surface area contributed by atoms with Gasteiger partial charge in [-0.15, -0.1) is 0 Å². The van der Waals surface area contributed by atoms with Gasteiger partial charge in [0.2, 0.25) is 5.91 Å². The Morgan fingerprint density at radius 1 is 1.35 bits per heavy atom. The Hall–Kier alpha value is -1.10. The Morgan fingerprint density at radius 3 is 2.47 bits per heavy atom. The number of carbonyl (C=O) groups excluding carboxylic acids is 1. The van der Waals surface area contributed by atoms with E-state index in [1.807, 2.05) is 11.8 Å². The monoisotopic (exact) mass is 240 g/mol. The molecule has 17 heavy (non-hydrogen) atoms. The number of carboxylic acids is 1. The summed E-state index contributed by atoms with van der Waals surface area (Å²) in [4.78, 5) is 24.6. The van der Waals surface area contributed by atoms with Crippen LogP contribution in [0.25, 0.3) is 0 Å². The van der Waals surface area contributed by atoms with Gasteiger partial charge in [-0.1, -0.05) is 6.92 Å². The van der Waals surface area contributed by atoms with Gasteiger partial charge < -0.3 is 15.3 Å². The number of amides is 1. The quantitative estimate of drug-likeness (QED) is 0.745. The lowest BCUT2D eigenvalue weighted by Gasteiger charge is -2.45. The number of aliphatic carboxylic acids is 1. The van der Waals surface area contributed by atoms with Crippen LogP contribution in [-0.4, -0.2) is 48.1 Å². The van der Waals surface area contributed by atoms with Crippen LogP contribution in [0.2, 0.25) is 0 Å². The zero-order valence-corrected chi connectivity index (χ0v) is 10.2. The number of nitrogens with zero attached hydrogens (tertiary/aromatic N) is 1. The number of hydrogen-bond acceptors (Lipinski definition) is 3. The van der Waals surface area contributed by atoms with Gasteiger partial charge in [0.15, 0.2) is 0 Å². The standard InChI is InChI=1S/C12H20N2O3/c1-12(2-4-13-5-3-12)11(17)14-7-9(8-14)6-10(15)16/h9,13H,2-8H2,1H3,(H,15,16). The van der Waals surface area contributed by atoms with Gasteiger partial charge in [-0.25, -0.2) is 0 Å². The van der Waals surface area contributed by atoms with E-state index in [1.165, 1.54) is 0 Å². The number of carboxylic acid groups (broad SMARTS) is 1. The summed E-state index contributed by atoms with van der Waals surface area (Å²) in [6.07, 6.45) is 1.94. The second-order valence-corrected chi connectivity index (χ2v) is 5.48. The molecule has 0 aromatic heterocycles.